The molecule has 2 heterocycles. The van der Waals surface area contributed by atoms with Gasteiger partial charge in [-0.15, -0.1) is 0 Å². The van der Waals surface area contributed by atoms with Crippen molar-refractivity contribution in [2.24, 2.45) is 0 Å². The minimum absolute atomic E-state index is 0.145. The maximum Gasteiger partial charge on any atom is 0.242 e. The lowest BCUT2D eigenvalue weighted by Gasteiger charge is -2.23. The van der Waals surface area contributed by atoms with Gasteiger partial charge in [0.05, 0.1) is 6.54 Å². The molecule has 0 aliphatic carbocycles. The number of hydrogen-bond acceptors (Lipinski definition) is 5. The van der Waals surface area contributed by atoms with Gasteiger partial charge in [-0.1, -0.05) is 0 Å². The fourth-order valence-corrected chi connectivity index (χ4v) is 2.18. The number of likely N-dealkylation sites (tertiary alicyclic amines) is 1. The zero-order chi connectivity index (χ0) is 13.1. The minimum atomic E-state index is 0.145. The van der Waals surface area contributed by atoms with Gasteiger partial charge in [0.25, 0.3) is 0 Å². The van der Waals surface area contributed by atoms with E-state index in [-0.39, 0.29) is 11.9 Å². The van der Waals surface area contributed by atoms with Crippen LogP contribution in [-0.4, -0.2) is 47.5 Å². The van der Waals surface area contributed by atoms with Crippen LogP contribution in [0.3, 0.4) is 0 Å². The number of carbonyl (C=O) groups excluding carboxylic acids is 1. The molecule has 98 valence electrons. The van der Waals surface area contributed by atoms with Gasteiger partial charge in [-0.3, -0.25) is 4.79 Å². The number of rotatable bonds is 3. The van der Waals surface area contributed by atoms with Gasteiger partial charge in [0.1, 0.15) is 5.82 Å². The highest BCUT2D eigenvalue weighted by Gasteiger charge is 2.20. The first-order valence-corrected chi connectivity index (χ1v) is 6.16. The molecule has 2 N–H and O–H groups in total. The normalized spacial score (nSPS) is 14.9. The molecule has 1 amide bonds. The smallest absolute Gasteiger partial charge is 0.242 e. The number of nitrogens with two attached hydrogens (primary N) is 1. The summed E-state index contributed by atoms with van der Waals surface area (Å²) in [6.45, 7) is 3.98. The Morgan fingerprint density at radius 1 is 1.50 bits per heavy atom. The zero-order valence-electron chi connectivity index (χ0n) is 10.9. The fraction of sp³-hybridized carbons (Fsp3) is 0.583. The summed E-state index contributed by atoms with van der Waals surface area (Å²) >= 11 is 0. The van der Waals surface area contributed by atoms with Gasteiger partial charge in [0, 0.05) is 31.9 Å². The molecule has 0 unspecified atom stereocenters. The van der Waals surface area contributed by atoms with Crippen molar-refractivity contribution in [3.8, 4) is 0 Å². The molecule has 2 rings (SSSR count). The van der Waals surface area contributed by atoms with Crippen molar-refractivity contribution >= 4 is 17.7 Å². The number of nitrogens with zero attached hydrogens (tertiary/aromatic N) is 4. The van der Waals surface area contributed by atoms with E-state index in [0.717, 1.165) is 37.3 Å². The summed E-state index contributed by atoms with van der Waals surface area (Å²) in [5.41, 5.74) is 6.49. The maximum absolute atomic E-state index is 12.0. The van der Waals surface area contributed by atoms with Crippen molar-refractivity contribution in [1.82, 2.24) is 14.9 Å². The highest BCUT2D eigenvalue weighted by Crippen LogP contribution is 2.16. The van der Waals surface area contributed by atoms with E-state index < -0.39 is 0 Å². The number of hydrogen-bond donors (Lipinski definition) is 1. The van der Waals surface area contributed by atoms with Crippen molar-refractivity contribution in [2.45, 2.75) is 19.8 Å². The second-order valence-electron chi connectivity index (χ2n) is 4.68. The largest absolute Gasteiger partial charge is 0.368 e. The molecule has 0 atom stereocenters. The van der Waals surface area contributed by atoms with E-state index >= 15 is 0 Å². The van der Waals surface area contributed by atoms with Gasteiger partial charge in [-0.05, 0) is 19.8 Å². The monoisotopic (exact) mass is 249 g/mol. The lowest BCUT2D eigenvalue weighted by Crippen LogP contribution is -2.37. The molecule has 1 fully saturated rings. The second-order valence-corrected chi connectivity index (χ2v) is 4.68. The molecule has 1 aliphatic rings. The van der Waals surface area contributed by atoms with Crippen LogP contribution < -0.4 is 10.6 Å². The molecule has 1 aliphatic heterocycles. The molecule has 0 aromatic carbocycles. The van der Waals surface area contributed by atoms with E-state index in [1.807, 2.05) is 23.8 Å². The highest BCUT2D eigenvalue weighted by atomic mass is 16.2. The number of amides is 1. The number of anilines is 2. The molecule has 1 aromatic rings. The molecular weight excluding hydrogens is 230 g/mol. The molecule has 6 nitrogen and oxygen atoms in total. The van der Waals surface area contributed by atoms with E-state index in [2.05, 4.69) is 9.97 Å². The molecular formula is C12H19N5O. The first-order chi connectivity index (χ1) is 8.58. The number of aromatic nitrogens is 2. The quantitative estimate of drug-likeness (QED) is 0.840. The van der Waals surface area contributed by atoms with Crippen LogP contribution in [0.1, 0.15) is 18.4 Å². The second kappa shape index (κ2) is 5.20. The van der Waals surface area contributed by atoms with Crippen LogP contribution in [0.15, 0.2) is 6.20 Å². The van der Waals surface area contributed by atoms with E-state index in [1.54, 1.807) is 6.20 Å². The molecule has 1 aromatic heterocycles. The van der Waals surface area contributed by atoms with E-state index in [4.69, 9.17) is 5.73 Å². The molecule has 0 spiro atoms. The minimum Gasteiger partial charge on any atom is -0.368 e. The summed E-state index contributed by atoms with van der Waals surface area (Å²) in [5, 5.41) is 0. The Kier molecular flexibility index (Phi) is 3.64. The van der Waals surface area contributed by atoms with Crippen LogP contribution in [-0.2, 0) is 4.79 Å². The van der Waals surface area contributed by atoms with Crippen molar-refractivity contribution in [2.75, 3.05) is 37.3 Å². The van der Waals surface area contributed by atoms with Gasteiger partial charge >= 0.3 is 0 Å². The van der Waals surface area contributed by atoms with Crippen LogP contribution in [0.2, 0.25) is 0 Å². The summed E-state index contributed by atoms with van der Waals surface area (Å²) in [7, 11) is 1.85. The summed E-state index contributed by atoms with van der Waals surface area (Å²) in [5.74, 6) is 1.10. The van der Waals surface area contributed by atoms with Crippen LogP contribution in [0, 0.1) is 6.92 Å². The van der Waals surface area contributed by atoms with Crippen molar-refractivity contribution in [1.29, 1.82) is 0 Å². The lowest BCUT2D eigenvalue weighted by molar-refractivity contribution is -0.128. The van der Waals surface area contributed by atoms with Crippen molar-refractivity contribution in [3.05, 3.63) is 11.8 Å². The molecule has 18 heavy (non-hydrogen) atoms. The van der Waals surface area contributed by atoms with Crippen LogP contribution >= 0.6 is 0 Å². The van der Waals surface area contributed by atoms with E-state index in [9.17, 15) is 4.79 Å². The molecule has 0 bridgehead atoms. The summed E-state index contributed by atoms with van der Waals surface area (Å²) in [4.78, 5) is 23.9. The first kappa shape index (κ1) is 12.6. The average molecular weight is 249 g/mol. The standard InChI is InChI=1S/C12H19N5O/c1-9-7-14-12(13)15-11(9)16(2)8-10(18)17-5-3-4-6-17/h7H,3-6,8H2,1-2H3,(H2,13,14,15). The van der Waals surface area contributed by atoms with Crippen molar-refractivity contribution < 1.29 is 4.79 Å². The Morgan fingerprint density at radius 3 is 2.83 bits per heavy atom. The first-order valence-electron chi connectivity index (χ1n) is 6.16. The Balaban J connectivity index is 2.04. The molecule has 1 saturated heterocycles. The molecule has 0 radical (unpaired) electrons. The summed E-state index contributed by atoms with van der Waals surface area (Å²) < 4.78 is 0. The lowest BCUT2D eigenvalue weighted by atomic mass is 10.3. The predicted octanol–water partition coefficient (Wildman–Crippen LogP) is 0.426. The van der Waals surface area contributed by atoms with E-state index in [1.165, 1.54) is 0 Å². The third kappa shape index (κ3) is 2.69. The Hall–Kier alpha value is -1.85. The predicted molar refractivity (Wildman–Crippen MR) is 70.3 cm³/mol. The van der Waals surface area contributed by atoms with Crippen LogP contribution in [0.5, 0.6) is 0 Å². The van der Waals surface area contributed by atoms with Gasteiger partial charge in [-0.2, -0.15) is 4.98 Å². The van der Waals surface area contributed by atoms with Crippen LogP contribution in [0.4, 0.5) is 11.8 Å². The topological polar surface area (TPSA) is 75.3 Å². The third-order valence-corrected chi connectivity index (χ3v) is 3.16. The summed E-state index contributed by atoms with van der Waals surface area (Å²) in [6, 6.07) is 0. The maximum atomic E-state index is 12.0. The summed E-state index contributed by atoms with van der Waals surface area (Å²) in [6.07, 6.45) is 3.89. The van der Waals surface area contributed by atoms with Gasteiger partial charge < -0.3 is 15.5 Å². The third-order valence-electron chi connectivity index (χ3n) is 3.16. The van der Waals surface area contributed by atoms with Gasteiger partial charge in [0.2, 0.25) is 11.9 Å². The number of likely N-dealkylation sites (N-methyl/N-ethyl adjacent to an activating group) is 1. The number of aryl methyl sites for hydroxylation is 1. The highest BCUT2D eigenvalue weighted by molar-refractivity contribution is 5.81. The Morgan fingerprint density at radius 2 is 2.17 bits per heavy atom. The van der Waals surface area contributed by atoms with Gasteiger partial charge in [0.15, 0.2) is 0 Å². The van der Waals surface area contributed by atoms with Crippen LogP contribution in [0.25, 0.3) is 0 Å². The average Bonchev–Trinajstić information content (AvgIpc) is 2.85. The van der Waals surface area contributed by atoms with E-state index in [0.29, 0.717) is 6.54 Å². The molecule has 0 saturated carbocycles. The number of carbonyl (C=O) groups is 1. The Labute approximate surface area is 107 Å². The van der Waals surface area contributed by atoms with Crippen molar-refractivity contribution in [3.63, 3.8) is 0 Å². The molecule has 6 heteroatoms. The fourth-order valence-electron chi connectivity index (χ4n) is 2.18. The van der Waals surface area contributed by atoms with Gasteiger partial charge in [-0.25, -0.2) is 4.98 Å². The number of nitrogen functional groups attached to an aromatic ring is 1. The Bertz CT molecular complexity index is 442. The zero-order valence-corrected chi connectivity index (χ0v) is 10.9. The SMILES string of the molecule is Cc1cnc(N)nc1N(C)CC(=O)N1CCCC1.